The monoisotopic (exact) mass is 444 g/mol. The molecule has 1 unspecified atom stereocenters. The van der Waals surface area contributed by atoms with E-state index in [1.165, 1.54) is 17.7 Å². The number of nitrogens with zero attached hydrogens (tertiary/aromatic N) is 1. The summed E-state index contributed by atoms with van der Waals surface area (Å²) in [5, 5.41) is 5.18. The molecule has 168 valence electrons. The van der Waals surface area contributed by atoms with Gasteiger partial charge in [-0.05, 0) is 67.1 Å². The Balaban J connectivity index is 1.66. The van der Waals surface area contributed by atoms with Gasteiger partial charge < -0.3 is 19.5 Å². The Kier molecular flexibility index (Phi) is 8.37. The summed E-state index contributed by atoms with van der Waals surface area (Å²) >= 11 is 1.75. The van der Waals surface area contributed by atoms with Gasteiger partial charge in [-0.3, -0.25) is 9.69 Å². The van der Waals surface area contributed by atoms with E-state index in [1.807, 2.05) is 12.1 Å². The van der Waals surface area contributed by atoms with Crippen LogP contribution in [0.5, 0.6) is 17.2 Å². The predicted molar refractivity (Wildman–Crippen MR) is 125 cm³/mol. The molecule has 0 radical (unpaired) electrons. The second kappa shape index (κ2) is 11.2. The largest absolute Gasteiger partial charge is 0.493 e. The highest BCUT2D eigenvalue weighted by Gasteiger charge is 2.25. The van der Waals surface area contributed by atoms with E-state index >= 15 is 0 Å². The number of hydrogen-bond acceptors (Lipinski definition) is 6. The van der Waals surface area contributed by atoms with Gasteiger partial charge in [0.05, 0.1) is 27.4 Å². The molecule has 1 aromatic heterocycles. The highest BCUT2D eigenvalue weighted by atomic mass is 32.1. The molecule has 7 heteroatoms. The highest BCUT2D eigenvalue weighted by molar-refractivity contribution is 7.10. The molecule has 6 nitrogen and oxygen atoms in total. The van der Waals surface area contributed by atoms with E-state index < -0.39 is 0 Å². The van der Waals surface area contributed by atoms with Crippen LogP contribution in [0.1, 0.15) is 36.2 Å². The zero-order chi connectivity index (χ0) is 22.2. The van der Waals surface area contributed by atoms with Gasteiger partial charge in [-0.15, -0.1) is 11.3 Å². The standard InChI is InChI=1S/C24H32N2O4S/c1-17-9-11-26(12-10-17)19(22-6-5-13-31-22)16-25-23(27)8-7-18-14-20(28-2)24(30-4)21(15-18)29-3/h5-8,13-15,17,19H,9-12,16H2,1-4H3,(H,25,27). The number of likely N-dealkylation sites (tertiary alicyclic amines) is 1. The number of hydrogen-bond donors (Lipinski definition) is 1. The van der Waals surface area contributed by atoms with Gasteiger partial charge >= 0.3 is 0 Å². The van der Waals surface area contributed by atoms with Crippen molar-refractivity contribution < 1.29 is 19.0 Å². The maximum Gasteiger partial charge on any atom is 0.244 e. The third-order valence-corrected chi connectivity index (χ3v) is 6.69. The van der Waals surface area contributed by atoms with E-state index in [0.717, 1.165) is 24.6 Å². The molecule has 1 aromatic carbocycles. The lowest BCUT2D eigenvalue weighted by atomic mass is 9.97. The predicted octanol–water partition coefficient (Wildman–Crippen LogP) is 4.38. The molecule has 0 spiro atoms. The summed E-state index contributed by atoms with van der Waals surface area (Å²) in [4.78, 5) is 16.3. The van der Waals surface area contributed by atoms with Gasteiger partial charge in [0.25, 0.3) is 0 Å². The molecule has 2 aromatic rings. The first-order chi connectivity index (χ1) is 15.0. The van der Waals surface area contributed by atoms with Crippen molar-refractivity contribution >= 4 is 23.3 Å². The molecular formula is C24H32N2O4S. The quantitative estimate of drug-likeness (QED) is 0.582. The maximum absolute atomic E-state index is 12.6. The summed E-state index contributed by atoms with van der Waals surface area (Å²) in [5.41, 5.74) is 0.796. The van der Waals surface area contributed by atoms with Crippen LogP contribution in [0, 0.1) is 5.92 Å². The summed E-state index contributed by atoms with van der Waals surface area (Å²) in [6.07, 6.45) is 5.71. The van der Waals surface area contributed by atoms with Crippen LogP contribution in [0.15, 0.2) is 35.7 Å². The Bertz CT molecular complexity index is 849. The van der Waals surface area contributed by atoms with Crippen LogP contribution in [-0.2, 0) is 4.79 Å². The Morgan fingerprint density at radius 3 is 2.42 bits per heavy atom. The Morgan fingerprint density at radius 1 is 1.19 bits per heavy atom. The number of nitrogens with one attached hydrogen (secondary N) is 1. The number of methoxy groups -OCH3 is 3. The fourth-order valence-electron chi connectivity index (χ4n) is 3.86. The Morgan fingerprint density at radius 2 is 1.87 bits per heavy atom. The molecule has 1 fully saturated rings. The van der Waals surface area contributed by atoms with Crippen LogP contribution in [0.2, 0.25) is 0 Å². The van der Waals surface area contributed by atoms with Gasteiger partial charge in [-0.2, -0.15) is 0 Å². The van der Waals surface area contributed by atoms with Crippen molar-refractivity contribution in [2.24, 2.45) is 5.92 Å². The van der Waals surface area contributed by atoms with Crippen molar-refractivity contribution in [1.82, 2.24) is 10.2 Å². The summed E-state index contributed by atoms with van der Waals surface area (Å²) in [7, 11) is 4.71. The molecule has 1 atom stereocenters. The van der Waals surface area contributed by atoms with Crippen LogP contribution in [0.4, 0.5) is 0 Å². The van der Waals surface area contributed by atoms with Crippen molar-refractivity contribution in [3.8, 4) is 17.2 Å². The van der Waals surface area contributed by atoms with E-state index in [0.29, 0.717) is 23.8 Å². The van der Waals surface area contributed by atoms with Gasteiger partial charge in [0.15, 0.2) is 11.5 Å². The number of piperidine rings is 1. The van der Waals surface area contributed by atoms with Gasteiger partial charge in [0.2, 0.25) is 11.7 Å². The summed E-state index contributed by atoms with van der Waals surface area (Å²) < 4.78 is 16.1. The first-order valence-corrected chi connectivity index (χ1v) is 11.5. The lowest BCUT2D eigenvalue weighted by Crippen LogP contribution is -2.41. The Labute approximate surface area is 188 Å². The number of carbonyl (C=O) groups excluding carboxylic acids is 1. The average molecular weight is 445 g/mol. The van der Waals surface area contributed by atoms with Crippen LogP contribution >= 0.6 is 11.3 Å². The minimum atomic E-state index is -0.124. The molecule has 31 heavy (non-hydrogen) atoms. The van der Waals surface area contributed by atoms with Gasteiger partial charge in [0, 0.05) is 17.5 Å². The van der Waals surface area contributed by atoms with Gasteiger partial charge in [-0.1, -0.05) is 13.0 Å². The number of ether oxygens (including phenoxy) is 3. The van der Waals surface area contributed by atoms with E-state index in [4.69, 9.17) is 14.2 Å². The second-order valence-electron chi connectivity index (χ2n) is 7.79. The zero-order valence-corrected chi connectivity index (χ0v) is 19.5. The van der Waals surface area contributed by atoms with E-state index in [9.17, 15) is 4.79 Å². The number of benzene rings is 1. The third kappa shape index (κ3) is 6.02. The SMILES string of the molecule is COc1cc(C=CC(=O)NCC(c2cccs2)N2CCC(C)CC2)cc(OC)c1OC. The van der Waals surface area contributed by atoms with Crippen molar-refractivity contribution in [3.63, 3.8) is 0 Å². The Hall–Kier alpha value is -2.51. The van der Waals surface area contributed by atoms with Crippen molar-refractivity contribution in [1.29, 1.82) is 0 Å². The molecular weight excluding hydrogens is 412 g/mol. The third-order valence-electron chi connectivity index (χ3n) is 5.71. The van der Waals surface area contributed by atoms with Crippen LogP contribution < -0.4 is 19.5 Å². The molecule has 0 saturated carbocycles. The summed E-state index contributed by atoms with van der Waals surface area (Å²) in [6.45, 7) is 5.04. The minimum Gasteiger partial charge on any atom is -0.493 e. The molecule has 3 rings (SSSR count). The first-order valence-electron chi connectivity index (χ1n) is 10.6. The summed E-state index contributed by atoms with van der Waals surface area (Å²) in [6, 6.07) is 8.08. The maximum atomic E-state index is 12.6. The minimum absolute atomic E-state index is 0.124. The van der Waals surface area contributed by atoms with E-state index in [1.54, 1.807) is 44.8 Å². The normalized spacial score (nSPS) is 16.3. The van der Waals surface area contributed by atoms with Crippen molar-refractivity contribution in [2.45, 2.75) is 25.8 Å². The molecule has 2 heterocycles. The molecule has 1 saturated heterocycles. The van der Waals surface area contributed by atoms with E-state index in [2.05, 4.69) is 34.7 Å². The molecule has 0 bridgehead atoms. The highest BCUT2D eigenvalue weighted by Crippen LogP contribution is 2.38. The first kappa shape index (κ1) is 23.2. The lowest BCUT2D eigenvalue weighted by molar-refractivity contribution is -0.116. The molecule has 1 amide bonds. The van der Waals surface area contributed by atoms with E-state index in [-0.39, 0.29) is 11.9 Å². The lowest BCUT2D eigenvalue weighted by Gasteiger charge is -2.36. The van der Waals surface area contributed by atoms with Gasteiger partial charge in [0.1, 0.15) is 0 Å². The van der Waals surface area contributed by atoms with Crippen molar-refractivity contribution in [2.75, 3.05) is 41.0 Å². The number of amides is 1. The average Bonchev–Trinajstić information content (AvgIpc) is 3.32. The molecule has 1 N–H and O–H groups in total. The molecule has 0 aliphatic carbocycles. The van der Waals surface area contributed by atoms with Gasteiger partial charge in [-0.25, -0.2) is 0 Å². The fraction of sp³-hybridized carbons (Fsp3) is 0.458. The van der Waals surface area contributed by atoms with Crippen LogP contribution in [0.3, 0.4) is 0 Å². The molecule has 1 aliphatic rings. The summed E-state index contributed by atoms with van der Waals surface area (Å²) in [5.74, 6) is 2.29. The topological polar surface area (TPSA) is 60.0 Å². The van der Waals surface area contributed by atoms with Crippen LogP contribution in [-0.4, -0.2) is 51.8 Å². The fourth-order valence-corrected chi connectivity index (χ4v) is 4.72. The van der Waals surface area contributed by atoms with Crippen molar-refractivity contribution in [3.05, 3.63) is 46.2 Å². The second-order valence-corrected chi connectivity index (χ2v) is 8.77. The number of rotatable bonds is 9. The smallest absolute Gasteiger partial charge is 0.244 e. The number of carbonyl (C=O) groups is 1. The number of thiophene rings is 1. The zero-order valence-electron chi connectivity index (χ0n) is 18.7. The molecule has 1 aliphatic heterocycles. The van der Waals surface area contributed by atoms with Crippen LogP contribution in [0.25, 0.3) is 6.08 Å².